The Hall–Kier alpha value is -1.48. The van der Waals surface area contributed by atoms with Crippen molar-refractivity contribution in [2.24, 2.45) is 0 Å². The van der Waals surface area contributed by atoms with Crippen molar-refractivity contribution in [1.29, 1.82) is 0 Å². The molecule has 0 aliphatic heterocycles. The second kappa shape index (κ2) is 3.25. The Balaban J connectivity index is 2.60. The largest absolute Gasteiger partial charge is 0.205 e. The molecule has 0 fully saturated rings. The third-order valence-corrected chi connectivity index (χ3v) is 3.97. The molecule has 0 N–H and O–H groups in total. The van der Waals surface area contributed by atoms with Crippen LogP contribution < -0.4 is 0 Å². The number of aryl methyl sites for hydroxylation is 1. The van der Waals surface area contributed by atoms with Crippen LogP contribution in [0, 0.1) is 18.6 Å². The summed E-state index contributed by atoms with van der Waals surface area (Å²) in [4.78, 5) is 0. The first kappa shape index (κ1) is 9.73. The van der Waals surface area contributed by atoms with Crippen LogP contribution in [0.1, 0.15) is 5.56 Å². The lowest BCUT2D eigenvalue weighted by atomic mass is 10.1. The van der Waals surface area contributed by atoms with E-state index in [4.69, 9.17) is 0 Å². The molecule has 2 aromatic carbocycles. The van der Waals surface area contributed by atoms with Gasteiger partial charge in [-0.05, 0) is 18.6 Å². The fourth-order valence-electron chi connectivity index (χ4n) is 1.89. The molecule has 0 spiro atoms. The van der Waals surface area contributed by atoms with E-state index in [0.717, 1.165) is 10.8 Å². The van der Waals surface area contributed by atoms with E-state index < -0.39 is 0 Å². The molecular weight excluding hydrogens is 226 g/mol. The predicted molar refractivity (Wildman–Crippen MR) is 64.0 cm³/mol. The summed E-state index contributed by atoms with van der Waals surface area (Å²) in [5.41, 5.74) is 0.597. The lowest BCUT2D eigenvalue weighted by Crippen LogP contribution is -1.80. The van der Waals surface area contributed by atoms with Crippen LogP contribution in [0.2, 0.25) is 0 Å². The summed E-state index contributed by atoms with van der Waals surface area (Å²) in [6, 6.07) is 8.47. The first-order valence-electron chi connectivity index (χ1n) is 4.94. The molecule has 80 valence electrons. The summed E-state index contributed by atoms with van der Waals surface area (Å²) in [6.45, 7) is 1.72. The van der Waals surface area contributed by atoms with Crippen molar-refractivity contribution in [3.8, 4) is 0 Å². The van der Waals surface area contributed by atoms with Crippen LogP contribution in [0.4, 0.5) is 8.78 Å². The van der Waals surface area contributed by atoms with Crippen LogP contribution in [0.5, 0.6) is 0 Å². The molecule has 0 aliphatic rings. The lowest BCUT2D eigenvalue weighted by Gasteiger charge is -1.96. The van der Waals surface area contributed by atoms with Gasteiger partial charge in [0.05, 0.1) is 9.40 Å². The van der Waals surface area contributed by atoms with E-state index in [1.807, 2.05) is 12.1 Å². The van der Waals surface area contributed by atoms with Crippen molar-refractivity contribution < 1.29 is 8.78 Å². The highest BCUT2D eigenvalue weighted by Crippen LogP contribution is 2.37. The van der Waals surface area contributed by atoms with Crippen molar-refractivity contribution in [1.82, 2.24) is 0 Å². The van der Waals surface area contributed by atoms with Gasteiger partial charge in [0.25, 0.3) is 0 Å². The SMILES string of the molecule is Cc1ccc2c(sc3c(F)cccc32)c1F. The quantitative estimate of drug-likeness (QED) is 0.531. The van der Waals surface area contributed by atoms with Gasteiger partial charge in [-0.2, -0.15) is 0 Å². The third kappa shape index (κ3) is 1.18. The molecule has 3 aromatic rings. The highest BCUT2D eigenvalue weighted by Gasteiger charge is 2.12. The first-order valence-corrected chi connectivity index (χ1v) is 5.76. The van der Waals surface area contributed by atoms with Gasteiger partial charge >= 0.3 is 0 Å². The summed E-state index contributed by atoms with van der Waals surface area (Å²) in [5.74, 6) is -0.520. The van der Waals surface area contributed by atoms with Gasteiger partial charge in [-0.3, -0.25) is 0 Å². The summed E-state index contributed by atoms with van der Waals surface area (Å²) < 4.78 is 28.5. The van der Waals surface area contributed by atoms with Gasteiger partial charge in [-0.25, -0.2) is 8.78 Å². The van der Waals surface area contributed by atoms with Gasteiger partial charge in [0.1, 0.15) is 11.6 Å². The van der Waals surface area contributed by atoms with Gasteiger partial charge in [0.15, 0.2) is 0 Å². The second-order valence-corrected chi connectivity index (χ2v) is 4.81. The molecule has 0 saturated heterocycles. The average molecular weight is 234 g/mol. The Morgan fingerprint density at radius 3 is 2.50 bits per heavy atom. The number of fused-ring (bicyclic) bond motifs is 3. The van der Waals surface area contributed by atoms with Gasteiger partial charge < -0.3 is 0 Å². The Bertz CT molecular complexity index is 698. The number of rotatable bonds is 0. The van der Waals surface area contributed by atoms with Crippen molar-refractivity contribution in [3.63, 3.8) is 0 Å². The zero-order chi connectivity index (χ0) is 11.3. The van der Waals surface area contributed by atoms with Crippen LogP contribution in [0.3, 0.4) is 0 Å². The summed E-state index contributed by atoms with van der Waals surface area (Å²) in [7, 11) is 0. The normalized spacial score (nSPS) is 11.4. The average Bonchev–Trinajstić information content (AvgIpc) is 2.65. The number of hydrogen-bond donors (Lipinski definition) is 0. The fraction of sp³-hybridized carbons (Fsp3) is 0.0769. The Morgan fingerprint density at radius 2 is 1.69 bits per heavy atom. The van der Waals surface area contributed by atoms with E-state index in [9.17, 15) is 8.78 Å². The van der Waals surface area contributed by atoms with Crippen LogP contribution in [0.15, 0.2) is 30.3 Å². The second-order valence-electron chi connectivity index (χ2n) is 3.79. The zero-order valence-electron chi connectivity index (χ0n) is 8.55. The molecule has 1 aromatic heterocycles. The maximum atomic E-state index is 13.9. The van der Waals surface area contributed by atoms with Crippen LogP contribution >= 0.6 is 11.3 Å². The maximum Gasteiger partial charge on any atom is 0.143 e. The van der Waals surface area contributed by atoms with Crippen molar-refractivity contribution in [2.45, 2.75) is 6.92 Å². The predicted octanol–water partition coefficient (Wildman–Crippen LogP) is 4.64. The van der Waals surface area contributed by atoms with Crippen molar-refractivity contribution in [3.05, 3.63) is 47.5 Å². The number of benzene rings is 2. The zero-order valence-corrected chi connectivity index (χ0v) is 9.37. The van der Waals surface area contributed by atoms with Crippen molar-refractivity contribution in [2.75, 3.05) is 0 Å². The van der Waals surface area contributed by atoms with E-state index in [0.29, 0.717) is 15.0 Å². The van der Waals surface area contributed by atoms with E-state index in [1.54, 1.807) is 19.1 Å². The Morgan fingerprint density at radius 1 is 0.938 bits per heavy atom. The van der Waals surface area contributed by atoms with E-state index in [-0.39, 0.29) is 11.6 Å². The number of thiophene rings is 1. The van der Waals surface area contributed by atoms with Gasteiger partial charge in [0.2, 0.25) is 0 Å². The highest BCUT2D eigenvalue weighted by atomic mass is 32.1. The monoisotopic (exact) mass is 234 g/mol. The Labute approximate surface area is 95.1 Å². The highest BCUT2D eigenvalue weighted by molar-refractivity contribution is 7.25. The Kier molecular flexibility index (Phi) is 1.98. The minimum absolute atomic E-state index is 0.238. The molecule has 0 atom stereocenters. The minimum atomic E-state index is -0.282. The topological polar surface area (TPSA) is 0 Å². The van der Waals surface area contributed by atoms with Gasteiger partial charge in [-0.1, -0.05) is 24.3 Å². The maximum absolute atomic E-state index is 13.9. The van der Waals surface area contributed by atoms with Crippen LogP contribution in [-0.4, -0.2) is 0 Å². The molecule has 3 heteroatoms. The standard InChI is InChI=1S/C13H8F2S/c1-7-5-6-9-8-3-2-4-10(14)12(8)16-13(9)11(7)15/h2-6H,1H3. The number of hydrogen-bond acceptors (Lipinski definition) is 1. The molecule has 0 nitrogen and oxygen atoms in total. The van der Waals surface area contributed by atoms with Crippen LogP contribution in [0.25, 0.3) is 20.2 Å². The molecule has 0 saturated carbocycles. The van der Waals surface area contributed by atoms with E-state index in [1.165, 1.54) is 17.4 Å². The summed E-state index contributed by atoms with van der Waals surface area (Å²) >= 11 is 1.18. The fourth-order valence-corrected chi connectivity index (χ4v) is 3.09. The van der Waals surface area contributed by atoms with Gasteiger partial charge in [0, 0.05) is 10.8 Å². The number of halogens is 2. The smallest absolute Gasteiger partial charge is 0.143 e. The molecule has 16 heavy (non-hydrogen) atoms. The van der Waals surface area contributed by atoms with Crippen molar-refractivity contribution >= 4 is 31.5 Å². The molecule has 0 amide bonds. The molecule has 3 rings (SSSR count). The molecule has 0 bridgehead atoms. The summed E-state index contributed by atoms with van der Waals surface area (Å²) in [6.07, 6.45) is 0. The van der Waals surface area contributed by atoms with E-state index in [2.05, 4.69) is 0 Å². The molecule has 0 unspecified atom stereocenters. The van der Waals surface area contributed by atoms with Gasteiger partial charge in [-0.15, -0.1) is 11.3 Å². The lowest BCUT2D eigenvalue weighted by molar-refractivity contribution is 0.632. The first-order chi connectivity index (χ1) is 7.68. The van der Waals surface area contributed by atoms with E-state index >= 15 is 0 Å². The minimum Gasteiger partial charge on any atom is -0.205 e. The molecular formula is C13H8F2S. The summed E-state index contributed by atoms with van der Waals surface area (Å²) in [5, 5.41) is 1.58. The van der Waals surface area contributed by atoms with Crippen LogP contribution in [-0.2, 0) is 0 Å². The molecule has 0 radical (unpaired) electrons. The molecule has 1 heterocycles. The third-order valence-electron chi connectivity index (χ3n) is 2.75. The molecule has 0 aliphatic carbocycles.